The standard InChI is InChI=1S/C16H23NO3/c18-16(13-20-15-8-10-17-11-9-15)19-12-4-7-14-5-2-1-3-6-14/h1-3,5-6,15,17H,4,7-13H2. The van der Waals surface area contributed by atoms with Gasteiger partial charge in [-0.2, -0.15) is 0 Å². The lowest BCUT2D eigenvalue weighted by Crippen LogP contribution is -2.33. The molecule has 0 bridgehead atoms. The van der Waals surface area contributed by atoms with Crippen molar-refractivity contribution in [3.8, 4) is 0 Å². The van der Waals surface area contributed by atoms with Crippen molar-refractivity contribution in [3.05, 3.63) is 35.9 Å². The predicted molar refractivity (Wildman–Crippen MR) is 77.6 cm³/mol. The molecule has 1 aromatic carbocycles. The van der Waals surface area contributed by atoms with E-state index >= 15 is 0 Å². The number of rotatable bonds is 7. The maximum atomic E-state index is 11.5. The molecule has 1 heterocycles. The highest BCUT2D eigenvalue weighted by molar-refractivity contribution is 5.70. The SMILES string of the molecule is O=C(COC1CCNCC1)OCCCc1ccccc1. The van der Waals surface area contributed by atoms with E-state index in [-0.39, 0.29) is 18.7 Å². The van der Waals surface area contributed by atoms with Gasteiger partial charge in [-0.1, -0.05) is 30.3 Å². The maximum absolute atomic E-state index is 11.5. The molecule has 2 rings (SSSR count). The summed E-state index contributed by atoms with van der Waals surface area (Å²) in [6.45, 7) is 2.48. The molecular formula is C16H23NO3. The summed E-state index contributed by atoms with van der Waals surface area (Å²) in [5, 5.41) is 3.26. The van der Waals surface area contributed by atoms with Gasteiger partial charge in [0.05, 0.1) is 12.7 Å². The number of aryl methyl sites for hydroxylation is 1. The topological polar surface area (TPSA) is 47.6 Å². The lowest BCUT2D eigenvalue weighted by Gasteiger charge is -2.22. The van der Waals surface area contributed by atoms with Crippen LogP contribution in [0.4, 0.5) is 0 Å². The van der Waals surface area contributed by atoms with Crippen molar-refractivity contribution in [3.63, 3.8) is 0 Å². The lowest BCUT2D eigenvalue weighted by atomic mass is 10.1. The van der Waals surface area contributed by atoms with Crippen LogP contribution < -0.4 is 5.32 Å². The number of nitrogens with one attached hydrogen (secondary N) is 1. The molecule has 1 aliphatic heterocycles. The molecule has 4 heteroatoms. The zero-order valence-electron chi connectivity index (χ0n) is 11.8. The van der Waals surface area contributed by atoms with Crippen molar-refractivity contribution in [1.29, 1.82) is 0 Å². The van der Waals surface area contributed by atoms with Gasteiger partial charge in [0.2, 0.25) is 0 Å². The largest absolute Gasteiger partial charge is 0.464 e. The number of esters is 1. The van der Waals surface area contributed by atoms with Gasteiger partial charge in [0.1, 0.15) is 6.61 Å². The smallest absolute Gasteiger partial charge is 0.332 e. The molecule has 20 heavy (non-hydrogen) atoms. The summed E-state index contributed by atoms with van der Waals surface area (Å²) in [4.78, 5) is 11.5. The summed E-state index contributed by atoms with van der Waals surface area (Å²) in [6, 6.07) is 10.2. The van der Waals surface area contributed by atoms with Gasteiger partial charge in [0, 0.05) is 0 Å². The van der Waals surface area contributed by atoms with Crippen LogP contribution in [0, 0.1) is 0 Å². The van der Waals surface area contributed by atoms with Gasteiger partial charge in [0.15, 0.2) is 0 Å². The third kappa shape index (κ3) is 5.72. The summed E-state index contributed by atoms with van der Waals surface area (Å²) in [5.74, 6) is -0.253. The van der Waals surface area contributed by atoms with Crippen molar-refractivity contribution in [2.75, 3.05) is 26.3 Å². The van der Waals surface area contributed by atoms with Crippen LogP contribution in [0.25, 0.3) is 0 Å². The van der Waals surface area contributed by atoms with E-state index in [1.807, 2.05) is 18.2 Å². The first-order chi connectivity index (χ1) is 9.84. The molecule has 0 amide bonds. The number of ether oxygens (including phenoxy) is 2. The summed E-state index contributed by atoms with van der Waals surface area (Å²) >= 11 is 0. The maximum Gasteiger partial charge on any atom is 0.332 e. The number of benzene rings is 1. The third-order valence-corrected chi connectivity index (χ3v) is 3.44. The Morgan fingerprint density at radius 1 is 1.20 bits per heavy atom. The molecule has 0 aromatic heterocycles. The molecule has 1 N–H and O–H groups in total. The molecule has 4 nitrogen and oxygen atoms in total. The second-order valence-corrected chi connectivity index (χ2v) is 5.07. The Hall–Kier alpha value is -1.39. The highest BCUT2D eigenvalue weighted by atomic mass is 16.6. The Balaban J connectivity index is 1.51. The van der Waals surface area contributed by atoms with Crippen LogP contribution in [0.5, 0.6) is 0 Å². The average molecular weight is 277 g/mol. The number of hydrogen-bond acceptors (Lipinski definition) is 4. The van der Waals surface area contributed by atoms with Crippen LogP contribution in [-0.4, -0.2) is 38.4 Å². The van der Waals surface area contributed by atoms with Gasteiger partial charge in [0.25, 0.3) is 0 Å². The van der Waals surface area contributed by atoms with E-state index in [1.54, 1.807) is 0 Å². The molecule has 1 aromatic rings. The fourth-order valence-corrected chi connectivity index (χ4v) is 2.30. The van der Waals surface area contributed by atoms with Crippen LogP contribution >= 0.6 is 0 Å². The van der Waals surface area contributed by atoms with Crippen LogP contribution in [0.1, 0.15) is 24.8 Å². The van der Waals surface area contributed by atoms with Crippen LogP contribution in [-0.2, 0) is 20.7 Å². The second-order valence-electron chi connectivity index (χ2n) is 5.07. The molecule has 0 radical (unpaired) electrons. The molecular weight excluding hydrogens is 254 g/mol. The Bertz CT molecular complexity index is 388. The van der Waals surface area contributed by atoms with E-state index in [2.05, 4.69) is 17.4 Å². The minimum atomic E-state index is -0.253. The monoisotopic (exact) mass is 277 g/mol. The van der Waals surface area contributed by atoms with E-state index in [1.165, 1.54) is 5.56 Å². The van der Waals surface area contributed by atoms with Crippen molar-refractivity contribution < 1.29 is 14.3 Å². The van der Waals surface area contributed by atoms with Crippen LogP contribution in [0.3, 0.4) is 0 Å². The van der Waals surface area contributed by atoms with Crippen molar-refractivity contribution in [2.24, 2.45) is 0 Å². The Labute approximate surface area is 120 Å². The Kier molecular flexibility index (Phi) is 6.54. The van der Waals surface area contributed by atoms with Gasteiger partial charge in [-0.15, -0.1) is 0 Å². The zero-order valence-corrected chi connectivity index (χ0v) is 11.8. The summed E-state index contributed by atoms with van der Waals surface area (Å²) in [6.07, 6.45) is 3.93. The zero-order chi connectivity index (χ0) is 14.0. The van der Waals surface area contributed by atoms with Gasteiger partial charge in [-0.25, -0.2) is 4.79 Å². The fourth-order valence-electron chi connectivity index (χ4n) is 2.30. The molecule has 1 fully saturated rings. The fraction of sp³-hybridized carbons (Fsp3) is 0.562. The van der Waals surface area contributed by atoms with E-state index in [0.29, 0.717) is 6.61 Å². The van der Waals surface area contributed by atoms with Crippen molar-refractivity contribution in [1.82, 2.24) is 5.32 Å². The number of hydrogen-bond donors (Lipinski definition) is 1. The minimum Gasteiger partial charge on any atom is -0.464 e. The van der Waals surface area contributed by atoms with E-state index in [0.717, 1.165) is 38.8 Å². The summed E-state index contributed by atoms with van der Waals surface area (Å²) in [7, 11) is 0. The van der Waals surface area contributed by atoms with Gasteiger partial charge >= 0.3 is 5.97 Å². The highest BCUT2D eigenvalue weighted by Crippen LogP contribution is 2.07. The average Bonchev–Trinajstić information content (AvgIpc) is 2.52. The van der Waals surface area contributed by atoms with E-state index in [9.17, 15) is 4.79 Å². The van der Waals surface area contributed by atoms with Crippen molar-refractivity contribution in [2.45, 2.75) is 31.8 Å². The molecule has 0 atom stereocenters. The Morgan fingerprint density at radius 3 is 2.70 bits per heavy atom. The van der Waals surface area contributed by atoms with Crippen LogP contribution in [0.15, 0.2) is 30.3 Å². The van der Waals surface area contributed by atoms with Gasteiger partial charge in [-0.05, 0) is 44.3 Å². The first kappa shape index (κ1) is 15.0. The van der Waals surface area contributed by atoms with Gasteiger partial charge < -0.3 is 14.8 Å². The number of piperidine rings is 1. The summed E-state index contributed by atoms with van der Waals surface area (Å²) < 4.78 is 10.7. The normalized spacial score (nSPS) is 16.0. The molecule has 0 saturated carbocycles. The van der Waals surface area contributed by atoms with E-state index < -0.39 is 0 Å². The Morgan fingerprint density at radius 2 is 1.95 bits per heavy atom. The van der Waals surface area contributed by atoms with Gasteiger partial charge in [-0.3, -0.25) is 0 Å². The first-order valence-corrected chi connectivity index (χ1v) is 7.36. The third-order valence-electron chi connectivity index (χ3n) is 3.44. The quantitative estimate of drug-likeness (QED) is 0.611. The van der Waals surface area contributed by atoms with Crippen LogP contribution in [0.2, 0.25) is 0 Å². The van der Waals surface area contributed by atoms with E-state index in [4.69, 9.17) is 9.47 Å². The molecule has 1 saturated heterocycles. The molecule has 110 valence electrons. The molecule has 1 aliphatic rings. The predicted octanol–water partition coefficient (Wildman–Crippen LogP) is 1.93. The number of carbonyl (C=O) groups excluding carboxylic acids is 1. The summed E-state index contributed by atoms with van der Waals surface area (Å²) in [5.41, 5.74) is 1.27. The molecule has 0 aliphatic carbocycles. The molecule has 0 unspecified atom stereocenters. The molecule has 0 spiro atoms. The highest BCUT2D eigenvalue weighted by Gasteiger charge is 2.15. The van der Waals surface area contributed by atoms with Crippen molar-refractivity contribution >= 4 is 5.97 Å². The first-order valence-electron chi connectivity index (χ1n) is 7.36. The second kappa shape index (κ2) is 8.72. The lowest BCUT2D eigenvalue weighted by molar-refractivity contribution is -0.151. The number of carbonyl (C=O) groups is 1. The minimum absolute atomic E-state index is 0.0794.